The summed E-state index contributed by atoms with van der Waals surface area (Å²) in [6, 6.07) is 0. The largest absolute Gasteiger partial charge is 0.381 e. The van der Waals surface area contributed by atoms with Crippen LogP contribution in [0.25, 0.3) is 0 Å². The summed E-state index contributed by atoms with van der Waals surface area (Å²) in [6.07, 6.45) is 2.56. The molecule has 2 heteroatoms. The first-order chi connectivity index (χ1) is 2.50. The summed E-state index contributed by atoms with van der Waals surface area (Å²) in [5, 5.41) is 0. The molecule has 1 saturated heterocycles. The van der Waals surface area contributed by atoms with Gasteiger partial charge in [0.05, 0.1) is 8.41 Å². The lowest BCUT2D eigenvalue weighted by Crippen LogP contribution is -1.74. The predicted molar refractivity (Wildman–Crippen MR) is 32.1 cm³/mol. The van der Waals surface area contributed by atoms with Crippen LogP contribution < -0.4 is 0 Å². The van der Waals surface area contributed by atoms with E-state index in [1.165, 1.54) is 12.8 Å². The number of ether oxygens (including phenoxy) is 1. The highest BCUT2D eigenvalue weighted by atomic mass is 16.5. The highest BCUT2D eigenvalue weighted by Crippen LogP contribution is 1.98. The van der Waals surface area contributed by atoms with E-state index < -0.39 is 0 Å². The fourth-order valence-electron chi connectivity index (χ4n) is 0.510. The predicted octanol–water partition coefficient (Wildman–Crippen LogP) is -0.141. The van der Waals surface area contributed by atoms with Crippen molar-refractivity contribution >= 4 is 8.41 Å². The maximum Gasteiger partial charge on any atom is 0.0814 e. The second-order valence-electron chi connectivity index (χ2n) is 1.32. The lowest BCUT2D eigenvalue weighted by atomic mass is 10.4. The van der Waals surface area contributed by atoms with Crippen LogP contribution >= 0.6 is 0 Å². The molecule has 1 nitrogen and oxygen atoms in total. The van der Waals surface area contributed by atoms with Crippen molar-refractivity contribution in [3.63, 3.8) is 0 Å². The van der Waals surface area contributed by atoms with E-state index in [-0.39, 0.29) is 9.84 Å². The monoisotopic (exact) mass is 88.1 g/mol. The normalized spacial score (nSPS) is 20.0. The highest BCUT2D eigenvalue weighted by molar-refractivity contribution is 5.75. The average Bonchev–Trinajstić information content (AvgIpc) is 1.76. The molecule has 6 heavy (non-hydrogen) atoms. The summed E-state index contributed by atoms with van der Waals surface area (Å²) in [4.78, 5) is 0. The van der Waals surface area contributed by atoms with E-state index in [1.54, 1.807) is 0 Å². The van der Waals surface area contributed by atoms with E-state index in [0.29, 0.717) is 0 Å². The minimum atomic E-state index is 0. The molecule has 1 rings (SSSR count). The van der Waals surface area contributed by atoms with Crippen molar-refractivity contribution in [2.45, 2.75) is 12.8 Å². The molecular formula is C4H13BO. The van der Waals surface area contributed by atoms with Crippen LogP contribution in [0, 0.1) is 0 Å². The van der Waals surface area contributed by atoms with Crippen molar-refractivity contribution in [1.29, 1.82) is 0 Å². The van der Waals surface area contributed by atoms with Crippen molar-refractivity contribution < 1.29 is 6.16 Å². The van der Waals surface area contributed by atoms with E-state index in [9.17, 15) is 0 Å². The molecule has 0 radical (unpaired) electrons. The number of rotatable bonds is 0. The van der Waals surface area contributed by atoms with Crippen molar-refractivity contribution in [2.24, 2.45) is 0 Å². The molecule has 1 fully saturated rings. The fraction of sp³-hybridized carbons (Fsp3) is 1.00. The van der Waals surface area contributed by atoms with Gasteiger partial charge < -0.3 is 4.74 Å². The maximum atomic E-state index is 4.94. The van der Waals surface area contributed by atoms with Gasteiger partial charge in [-0.1, -0.05) is 0 Å². The number of hydrogen-bond donors (Lipinski definition) is 0. The molecule has 1 heterocycles. The van der Waals surface area contributed by atoms with E-state index in [0.717, 1.165) is 13.2 Å². The third-order valence-corrected chi connectivity index (χ3v) is 0.827. The van der Waals surface area contributed by atoms with Crippen LogP contribution in [0.4, 0.5) is 0 Å². The Morgan fingerprint density at radius 3 is 1.83 bits per heavy atom. The first kappa shape index (κ1) is 6.02. The standard InChI is InChI=1S/C4H8O.BH3.H2/c1-2-4-5-3-1;;/h1-4H2;1H3;1H. The third-order valence-electron chi connectivity index (χ3n) is 0.827. The number of hydrogen-bond acceptors (Lipinski definition) is 1. The van der Waals surface area contributed by atoms with Gasteiger partial charge in [-0.15, -0.1) is 0 Å². The van der Waals surface area contributed by atoms with E-state index in [4.69, 9.17) is 4.74 Å². The van der Waals surface area contributed by atoms with E-state index >= 15 is 0 Å². The fourth-order valence-corrected chi connectivity index (χ4v) is 0.510. The Labute approximate surface area is 41.7 Å². The van der Waals surface area contributed by atoms with Crippen molar-refractivity contribution in [3.8, 4) is 0 Å². The van der Waals surface area contributed by atoms with Crippen LogP contribution in [0.15, 0.2) is 0 Å². The zero-order valence-corrected chi connectivity index (χ0v) is 3.24. The van der Waals surface area contributed by atoms with Crippen LogP contribution in [0.5, 0.6) is 0 Å². The first-order valence-electron chi connectivity index (χ1n) is 2.08. The van der Waals surface area contributed by atoms with Gasteiger partial charge >= 0.3 is 0 Å². The molecule has 0 unspecified atom stereocenters. The van der Waals surface area contributed by atoms with Gasteiger partial charge in [-0.05, 0) is 12.8 Å². The average molecular weight is 88.0 g/mol. The van der Waals surface area contributed by atoms with Crippen molar-refractivity contribution in [2.75, 3.05) is 13.2 Å². The second-order valence-corrected chi connectivity index (χ2v) is 1.32. The molecule has 0 spiro atoms. The van der Waals surface area contributed by atoms with Gasteiger partial charge in [0.1, 0.15) is 0 Å². The van der Waals surface area contributed by atoms with Crippen molar-refractivity contribution in [3.05, 3.63) is 0 Å². The molecule has 0 aromatic rings. The van der Waals surface area contributed by atoms with Gasteiger partial charge in [-0.25, -0.2) is 0 Å². The van der Waals surface area contributed by atoms with Crippen LogP contribution in [-0.4, -0.2) is 21.6 Å². The smallest absolute Gasteiger partial charge is 0.0814 e. The summed E-state index contributed by atoms with van der Waals surface area (Å²) < 4.78 is 4.94. The maximum absolute atomic E-state index is 4.94. The molecule has 0 saturated carbocycles. The molecular weight excluding hydrogens is 74.9 g/mol. The first-order valence-corrected chi connectivity index (χ1v) is 2.08. The minimum absolute atomic E-state index is 0. The van der Waals surface area contributed by atoms with Crippen molar-refractivity contribution in [1.82, 2.24) is 0 Å². The summed E-state index contributed by atoms with van der Waals surface area (Å²) >= 11 is 0. The summed E-state index contributed by atoms with van der Waals surface area (Å²) in [7, 11) is 0. The lowest BCUT2D eigenvalue weighted by Gasteiger charge is -1.76. The Kier molecular flexibility index (Phi) is 3.24. The second kappa shape index (κ2) is 3.22. The highest BCUT2D eigenvalue weighted by Gasteiger charge is 1.94. The molecule has 0 atom stereocenters. The summed E-state index contributed by atoms with van der Waals surface area (Å²) in [5.74, 6) is 0. The zero-order chi connectivity index (χ0) is 3.54. The molecule has 0 N–H and O–H groups in total. The van der Waals surface area contributed by atoms with Crippen LogP contribution in [0.3, 0.4) is 0 Å². The summed E-state index contributed by atoms with van der Waals surface area (Å²) in [6.45, 7) is 2.00. The van der Waals surface area contributed by atoms with Crippen LogP contribution in [0.2, 0.25) is 0 Å². The van der Waals surface area contributed by atoms with Gasteiger partial charge in [-0.3, -0.25) is 0 Å². The molecule has 0 aromatic heterocycles. The molecule has 0 amide bonds. The van der Waals surface area contributed by atoms with Gasteiger partial charge in [0.25, 0.3) is 0 Å². The summed E-state index contributed by atoms with van der Waals surface area (Å²) in [5.41, 5.74) is 0. The zero-order valence-electron chi connectivity index (χ0n) is 3.24. The van der Waals surface area contributed by atoms with Crippen LogP contribution in [-0.2, 0) is 4.74 Å². The van der Waals surface area contributed by atoms with Gasteiger partial charge in [0.2, 0.25) is 0 Å². The Morgan fingerprint density at radius 1 is 1.17 bits per heavy atom. The molecule has 0 aliphatic carbocycles. The lowest BCUT2D eigenvalue weighted by molar-refractivity contribution is 0.198. The minimum Gasteiger partial charge on any atom is -0.381 e. The molecule has 1 aliphatic rings. The Hall–Kier alpha value is 0.0249. The van der Waals surface area contributed by atoms with E-state index in [2.05, 4.69) is 0 Å². The van der Waals surface area contributed by atoms with E-state index in [1.807, 2.05) is 0 Å². The quantitative estimate of drug-likeness (QED) is 0.374. The van der Waals surface area contributed by atoms with Gasteiger partial charge in [0.15, 0.2) is 0 Å². The SMILES string of the molecule is B.C1CCOC1.[HH]. The Balaban J connectivity index is 0. The Bertz CT molecular complexity index is 23.3. The Morgan fingerprint density at radius 2 is 1.67 bits per heavy atom. The molecule has 0 bridgehead atoms. The molecule has 1 aliphatic heterocycles. The molecule has 38 valence electrons. The van der Waals surface area contributed by atoms with Gasteiger partial charge in [-0.2, -0.15) is 0 Å². The van der Waals surface area contributed by atoms with Crippen LogP contribution in [0.1, 0.15) is 14.3 Å². The molecule has 0 aromatic carbocycles. The topological polar surface area (TPSA) is 9.23 Å². The third kappa shape index (κ3) is 1.46. The van der Waals surface area contributed by atoms with Gasteiger partial charge in [0, 0.05) is 14.6 Å².